The molecule has 0 fully saturated rings. The van der Waals surface area contributed by atoms with Crippen LogP contribution in [0.15, 0.2) is 78.0 Å². The SMILES string of the molecule is COc1ccccc1OC(C)c1nnc(SC(C)C(=O)Nc2ccc(F)c([N+](=O)[O-])c2)n1-c1ccccc1. The summed E-state index contributed by atoms with van der Waals surface area (Å²) in [6.07, 6.45) is -0.530. The first-order valence-electron chi connectivity index (χ1n) is 11.5. The van der Waals surface area contributed by atoms with Gasteiger partial charge in [-0.3, -0.25) is 19.5 Å². The number of nitro benzene ring substituents is 1. The Balaban J connectivity index is 1.58. The van der Waals surface area contributed by atoms with E-state index in [0.29, 0.717) is 22.5 Å². The maximum absolute atomic E-state index is 13.7. The maximum atomic E-state index is 13.7. The van der Waals surface area contributed by atoms with Crippen LogP contribution in [0, 0.1) is 15.9 Å². The van der Waals surface area contributed by atoms with Crippen molar-refractivity contribution in [2.45, 2.75) is 30.4 Å². The van der Waals surface area contributed by atoms with Crippen LogP contribution in [0.3, 0.4) is 0 Å². The number of carbonyl (C=O) groups is 1. The minimum absolute atomic E-state index is 0.111. The number of halogens is 1. The number of aromatic nitrogens is 3. The van der Waals surface area contributed by atoms with E-state index in [0.717, 1.165) is 29.6 Å². The molecule has 1 N–H and O–H groups in total. The third kappa shape index (κ3) is 5.92. The number of benzene rings is 3. The second kappa shape index (κ2) is 11.7. The van der Waals surface area contributed by atoms with E-state index in [1.807, 2.05) is 49.4 Å². The number of nitrogens with zero attached hydrogens (tertiary/aromatic N) is 4. The van der Waals surface area contributed by atoms with Crippen molar-refractivity contribution in [3.8, 4) is 17.2 Å². The molecule has 0 radical (unpaired) electrons. The van der Waals surface area contributed by atoms with Crippen molar-refractivity contribution in [3.05, 3.63) is 94.6 Å². The summed E-state index contributed by atoms with van der Waals surface area (Å²) in [5.74, 6) is 0.194. The first kappa shape index (κ1) is 26.6. The number of methoxy groups -OCH3 is 1. The normalized spacial score (nSPS) is 12.4. The largest absolute Gasteiger partial charge is 0.493 e. The molecule has 2 unspecified atom stereocenters. The maximum Gasteiger partial charge on any atom is 0.306 e. The molecule has 12 heteroatoms. The highest BCUT2D eigenvalue weighted by Crippen LogP contribution is 2.33. The fourth-order valence-electron chi connectivity index (χ4n) is 3.59. The molecular weight excluding hydrogens is 513 g/mol. The second-order valence-electron chi connectivity index (χ2n) is 8.10. The Labute approximate surface area is 221 Å². The lowest BCUT2D eigenvalue weighted by Crippen LogP contribution is -2.23. The number of para-hydroxylation sites is 3. The average Bonchev–Trinajstić information content (AvgIpc) is 3.34. The van der Waals surface area contributed by atoms with Crippen molar-refractivity contribution < 1.29 is 23.6 Å². The number of ether oxygens (including phenoxy) is 2. The van der Waals surface area contributed by atoms with Crippen molar-refractivity contribution in [2.24, 2.45) is 0 Å². The number of carbonyl (C=O) groups excluding carboxylic acids is 1. The van der Waals surface area contributed by atoms with E-state index in [2.05, 4.69) is 15.5 Å². The summed E-state index contributed by atoms with van der Waals surface area (Å²) in [6, 6.07) is 19.8. The van der Waals surface area contributed by atoms with Crippen molar-refractivity contribution in [1.82, 2.24) is 14.8 Å². The lowest BCUT2D eigenvalue weighted by Gasteiger charge is -2.18. The van der Waals surface area contributed by atoms with Gasteiger partial charge in [0.15, 0.2) is 28.6 Å². The Bertz CT molecular complexity index is 1450. The quantitative estimate of drug-likeness (QED) is 0.158. The number of hydrogen-bond acceptors (Lipinski definition) is 8. The number of rotatable bonds is 10. The molecular formula is C26H24FN5O5S. The summed E-state index contributed by atoms with van der Waals surface area (Å²) in [5, 5.41) is 22.1. The molecule has 1 aromatic heterocycles. The van der Waals surface area contributed by atoms with Gasteiger partial charge in [-0.15, -0.1) is 10.2 Å². The van der Waals surface area contributed by atoms with Gasteiger partial charge in [0.25, 0.3) is 0 Å². The average molecular weight is 538 g/mol. The minimum atomic E-state index is -0.983. The van der Waals surface area contributed by atoms with E-state index in [1.165, 1.54) is 6.07 Å². The summed E-state index contributed by atoms with van der Waals surface area (Å²) < 4.78 is 27.0. The van der Waals surface area contributed by atoms with Crippen LogP contribution in [-0.2, 0) is 4.79 Å². The summed E-state index contributed by atoms with van der Waals surface area (Å²) in [4.78, 5) is 23.1. The number of nitro groups is 1. The Hall–Kier alpha value is -4.45. The second-order valence-corrected chi connectivity index (χ2v) is 9.40. The van der Waals surface area contributed by atoms with Gasteiger partial charge in [-0.05, 0) is 50.2 Å². The summed E-state index contributed by atoms with van der Waals surface area (Å²) >= 11 is 1.15. The zero-order valence-corrected chi connectivity index (χ0v) is 21.5. The van der Waals surface area contributed by atoms with Gasteiger partial charge in [-0.2, -0.15) is 4.39 Å². The van der Waals surface area contributed by atoms with Crippen LogP contribution in [0.4, 0.5) is 15.8 Å². The molecule has 0 bridgehead atoms. The third-order valence-corrected chi connectivity index (χ3v) is 6.51. The third-order valence-electron chi connectivity index (χ3n) is 5.47. The van der Waals surface area contributed by atoms with Crippen LogP contribution in [0.25, 0.3) is 5.69 Å². The van der Waals surface area contributed by atoms with Gasteiger partial charge in [-0.25, -0.2) is 0 Å². The molecule has 1 heterocycles. The number of thioether (sulfide) groups is 1. The van der Waals surface area contributed by atoms with E-state index >= 15 is 0 Å². The summed E-state index contributed by atoms with van der Waals surface area (Å²) in [6.45, 7) is 3.50. The van der Waals surface area contributed by atoms with Gasteiger partial charge in [0, 0.05) is 17.4 Å². The molecule has 1 amide bonds. The van der Waals surface area contributed by atoms with E-state index < -0.39 is 33.7 Å². The van der Waals surface area contributed by atoms with Crippen LogP contribution in [0.5, 0.6) is 11.5 Å². The lowest BCUT2D eigenvalue weighted by atomic mass is 10.2. The fourth-order valence-corrected chi connectivity index (χ4v) is 4.46. The minimum Gasteiger partial charge on any atom is -0.493 e. The molecule has 0 spiro atoms. The molecule has 4 aromatic rings. The topological polar surface area (TPSA) is 121 Å². The zero-order valence-electron chi connectivity index (χ0n) is 20.7. The molecule has 0 aliphatic heterocycles. The Morgan fingerprint density at radius 2 is 1.74 bits per heavy atom. The van der Waals surface area contributed by atoms with Gasteiger partial charge < -0.3 is 14.8 Å². The van der Waals surface area contributed by atoms with Crippen LogP contribution < -0.4 is 14.8 Å². The van der Waals surface area contributed by atoms with Crippen LogP contribution >= 0.6 is 11.8 Å². The van der Waals surface area contributed by atoms with Crippen molar-refractivity contribution in [2.75, 3.05) is 12.4 Å². The molecule has 0 aliphatic rings. The van der Waals surface area contributed by atoms with E-state index in [9.17, 15) is 19.3 Å². The van der Waals surface area contributed by atoms with Crippen molar-refractivity contribution >= 4 is 29.0 Å². The smallest absolute Gasteiger partial charge is 0.306 e. The van der Waals surface area contributed by atoms with Crippen LogP contribution in [0.1, 0.15) is 25.8 Å². The van der Waals surface area contributed by atoms with Crippen molar-refractivity contribution in [1.29, 1.82) is 0 Å². The van der Waals surface area contributed by atoms with Crippen LogP contribution in [-0.4, -0.2) is 38.0 Å². The van der Waals surface area contributed by atoms with E-state index in [-0.39, 0.29) is 5.69 Å². The monoisotopic (exact) mass is 537 g/mol. The standard InChI is InChI=1S/C26H24FN5O5S/c1-16(37-23-12-8-7-11-22(23)36-3)24-29-30-26(31(24)19-9-5-4-6-10-19)38-17(2)25(33)28-18-13-14-20(27)21(15-18)32(34)35/h4-17H,1-3H3,(H,28,33). The fraction of sp³-hybridized carbons (Fsp3) is 0.192. The van der Waals surface area contributed by atoms with E-state index in [1.54, 1.807) is 30.7 Å². The Morgan fingerprint density at radius 3 is 2.42 bits per heavy atom. The predicted molar refractivity (Wildman–Crippen MR) is 140 cm³/mol. The molecule has 0 saturated carbocycles. The van der Waals surface area contributed by atoms with Gasteiger partial charge in [0.1, 0.15) is 0 Å². The van der Waals surface area contributed by atoms with Gasteiger partial charge >= 0.3 is 5.69 Å². The Morgan fingerprint density at radius 1 is 1.05 bits per heavy atom. The number of anilines is 1. The highest BCUT2D eigenvalue weighted by Gasteiger charge is 2.25. The van der Waals surface area contributed by atoms with Gasteiger partial charge in [-0.1, -0.05) is 42.1 Å². The van der Waals surface area contributed by atoms with Gasteiger partial charge in [0.05, 0.1) is 17.3 Å². The lowest BCUT2D eigenvalue weighted by molar-refractivity contribution is -0.387. The van der Waals surface area contributed by atoms with E-state index in [4.69, 9.17) is 9.47 Å². The number of nitrogens with one attached hydrogen (secondary N) is 1. The molecule has 38 heavy (non-hydrogen) atoms. The first-order chi connectivity index (χ1) is 18.3. The highest BCUT2D eigenvalue weighted by atomic mass is 32.2. The van der Waals surface area contributed by atoms with Gasteiger partial charge in [0.2, 0.25) is 11.7 Å². The van der Waals surface area contributed by atoms with Crippen molar-refractivity contribution in [3.63, 3.8) is 0 Å². The molecule has 4 rings (SSSR count). The highest BCUT2D eigenvalue weighted by molar-refractivity contribution is 8.00. The predicted octanol–water partition coefficient (Wildman–Crippen LogP) is 5.58. The summed E-state index contributed by atoms with van der Waals surface area (Å²) in [5.41, 5.74) is 0.160. The first-order valence-corrected chi connectivity index (χ1v) is 12.4. The zero-order chi connectivity index (χ0) is 27.2. The number of amides is 1. The number of hydrogen-bond donors (Lipinski definition) is 1. The Kier molecular flexibility index (Phi) is 8.22. The van der Waals surface area contributed by atoms with Crippen LogP contribution in [0.2, 0.25) is 0 Å². The molecule has 10 nitrogen and oxygen atoms in total. The molecule has 196 valence electrons. The summed E-state index contributed by atoms with van der Waals surface area (Å²) in [7, 11) is 1.56. The molecule has 0 aliphatic carbocycles. The molecule has 3 aromatic carbocycles. The molecule has 2 atom stereocenters. The molecule has 0 saturated heterocycles.